The topological polar surface area (TPSA) is 57.7 Å². The molecule has 0 spiro atoms. The average Bonchev–Trinajstić information content (AvgIpc) is 2.97. The predicted octanol–water partition coefficient (Wildman–Crippen LogP) is 3.23. The number of carbonyl (C=O) groups excluding carboxylic acids is 1. The van der Waals surface area contributed by atoms with Crippen molar-refractivity contribution in [1.29, 1.82) is 5.26 Å². The number of ether oxygens (including phenoxy) is 1. The Morgan fingerprint density at radius 3 is 2.83 bits per heavy atom. The van der Waals surface area contributed by atoms with Crippen LogP contribution in [0, 0.1) is 11.3 Å². The number of benzene rings is 1. The van der Waals surface area contributed by atoms with E-state index in [-0.39, 0.29) is 6.61 Å². The van der Waals surface area contributed by atoms with Gasteiger partial charge in [0, 0.05) is 37.7 Å². The molecule has 0 bridgehead atoms. The third-order valence-electron chi connectivity index (χ3n) is 3.83. The van der Waals surface area contributed by atoms with Gasteiger partial charge in [0.15, 0.2) is 0 Å². The molecule has 0 amide bonds. The van der Waals surface area contributed by atoms with Crippen molar-refractivity contribution in [3.05, 3.63) is 71.5 Å². The van der Waals surface area contributed by atoms with Gasteiger partial charge in [0.05, 0.1) is 16.6 Å². The number of nitriles is 1. The largest absolute Gasteiger partial charge is 0.457 e. The van der Waals surface area contributed by atoms with Crippen LogP contribution in [-0.4, -0.2) is 24.5 Å². The van der Waals surface area contributed by atoms with E-state index in [1.807, 2.05) is 66.1 Å². The monoisotopic (exact) mass is 319 g/mol. The van der Waals surface area contributed by atoms with Gasteiger partial charge < -0.3 is 14.0 Å². The van der Waals surface area contributed by atoms with Gasteiger partial charge in [0.2, 0.25) is 0 Å². The zero-order chi connectivity index (χ0) is 17.1. The van der Waals surface area contributed by atoms with Crippen LogP contribution in [0.25, 0.3) is 5.52 Å². The lowest BCUT2D eigenvalue weighted by molar-refractivity contribution is 0.0472. The molecule has 120 valence electrons. The molecule has 24 heavy (non-hydrogen) atoms. The van der Waals surface area contributed by atoms with Crippen molar-refractivity contribution < 1.29 is 9.53 Å². The molecule has 0 unspecified atom stereocenters. The van der Waals surface area contributed by atoms with Crippen LogP contribution in [0.3, 0.4) is 0 Å². The van der Waals surface area contributed by atoms with E-state index >= 15 is 0 Å². The lowest BCUT2D eigenvalue weighted by Crippen LogP contribution is -2.11. The molecule has 2 aromatic heterocycles. The summed E-state index contributed by atoms with van der Waals surface area (Å²) in [5, 5.41) is 9.38. The van der Waals surface area contributed by atoms with Gasteiger partial charge in [-0.25, -0.2) is 4.79 Å². The normalized spacial score (nSPS) is 10.4. The summed E-state index contributed by atoms with van der Waals surface area (Å²) in [7, 11) is 3.83. The molecule has 0 radical (unpaired) electrons. The predicted molar refractivity (Wildman–Crippen MR) is 92.0 cm³/mol. The van der Waals surface area contributed by atoms with Gasteiger partial charge in [-0.15, -0.1) is 0 Å². The maximum atomic E-state index is 12.3. The minimum atomic E-state index is -0.405. The summed E-state index contributed by atoms with van der Waals surface area (Å²) in [6.07, 6.45) is 3.68. The maximum Gasteiger partial charge on any atom is 0.338 e. The molecule has 3 aromatic rings. The molecule has 2 heterocycles. The molecular formula is C19H17N3O2. The summed E-state index contributed by atoms with van der Waals surface area (Å²) >= 11 is 0. The summed E-state index contributed by atoms with van der Waals surface area (Å²) in [6.45, 7) is 0.0651. The van der Waals surface area contributed by atoms with Gasteiger partial charge in [0.25, 0.3) is 0 Å². The summed E-state index contributed by atoms with van der Waals surface area (Å²) in [4.78, 5) is 14.2. The van der Waals surface area contributed by atoms with E-state index in [9.17, 15) is 10.1 Å². The molecule has 3 rings (SSSR count). The molecule has 0 aliphatic heterocycles. The molecule has 5 heteroatoms. The SMILES string of the molecule is CN(C)c1cccc(C(=O)OCc2cn3ccccc3c2C#N)c1. The first kappa shape index (κ1) is 15.6. The maximum absolute atomic E-state index is 12.3. The van der Waals surface area contributed by atoms with Crippen LogP contribution in [0.5, 0.6) is 0 Å². The van der Waals surface area contributed by atoms with Gasteiger partial charge in [-0.2, -0.15) is 5.26 Å². The van der Waals surface area contributed by atoms with E-state index in [4.69, 9.17) is 4.74 Å². The second-order valence-electron chi connectivity index (χ2n) is 5.66. The Kier molecular flexibility index (Phi) is 4.21. The summed E-state index contributed by atoms with van der Waals surface area (Å²) < 4.78 is 7.25. The van der Waals surface area contributed by atoms with E-state index in [1.165, 1.54) is 0 Å². The first-order chi connectivity index (χ1) is 11.6. The summed E-state index contributed by atoms with van der Waals surface area (Å²) in [6, 6.07) is 15.1. The lowest BCUT2D eigenvalue weighted by Gasteiger charge is -2.13. The molecule has 0 atom stereocenters. The standard InChI is InChI=1S/C19H17N3O2/c1-21(2)16-7-5-6-14(10-16)19(23)24-13-15-12-22-9-4-3-8-18(22)17(15)11-20/h3-10,12H,13H2,1-2H3. The third-order valence-corrected chi connectivity index (χ3v) is 3.83. The Labute approximate surface area is 140 Å². The zero-order valence-electron chi connectivity index (χ0n) is 13.6. The minimum absolute atomic E-state index is 0.0651. The van der Waals surface area contributed by atoms with E-state index in [0.717, 1.165) is 11.2 Å². The van der Waals surface area contributed by atoms with Gasteiger partial charge >= 0.3 is 5.97 Å². The zero-order valence-corrected chi connectivity index (χ0v) is 13.6. The molecule has 0 saturated heterocycles. The first-order valence-electron chi connectivity index (χ1n) is 7.53. The molecule has 0 N–H and O–H groups in total. The average molecular weight is 319 g/mol. The molecule has 0 saturated carbocycles. The van der Waals surface area contributed by atoms with E-state index < -0.39 is 5.97 Å². The third kappa shape index (κ3) is 2.95. The van der Waals surface area contributed by atoms with Crippen LogP contribution in [-0.2, 0) is 11.3 Å². The van der Waals surface area contributed by atoms with Crippen molar-refractivity contribution in [1.82, 2.24) is 4.40 Å². The Morgan fingerprint density at radius 2 is 2.08 bits per heavy atom. The Hall–Kier alpha value is -3.26. The molecule has 0 aliphatic rings. The number of rotatable bonds is 4. The fraction of sp³-hybridized carbons (Fsp3) is 0.158. The minimum Gasteiger partial charge on any atom is -0.457 e. The lowest BCUT2D eigenvalue weighted by atomic mass is 10.2. The highest BCUT2D eigenvalue weighted by Crippen LogP contribution is 2.20. The van der Waals surface area contributed by atoms with Crippen LogP contribution in [0.15, 0.2) is 54.9 Å². The van der Waals surface area contributed by atoms with Gasteiger partial charge in [0.1, 0.15) is 12.7 Å². The fourth-order valence-corrected chi connectivity index (χ4v) is 2.55. The Bertz CT molecular complexity index is 935. The Morgan fingerprint density at radius 1 is 1.25 bits per heavy atom. The summed E-state index contributed by atoms with van der Waals surface area (Å²) in [5.41, 5.74) is 3.45. The van der Waals surface area contributed by atoms with Crippen molar-refractivity contribution in [2.24, 2.45) is 0 Å². The number of aromatic nitrogens is 1. The van der Waals surface area contributed by atoms with Crippen molar-refractivity contribution in [3.63, 3.8) is 0 Å². The van der Waals surface area contributed by atoms with Crippen LogP contribution >= 0.6 is 0 Å². The van der Waals surface area contributed by atoms with Crippen molar-refractivity contribution >= 4 is 17.2 Å². The second-order valence-corrected chi connectivity index (χ2v) is 5.66. The second kappa shape index (κ2) is 6.47. The molecule has 1 aromatic carbocycles. The van der Waals surface area contributed by atoms with Gasteiger partial charge in [-0.1, -0.05) is 12.1 Å². The van der Waals surface area contributed by atoms with Crippen LogP contribution in [0.4, 0.5) is 5.69 Å². The van der Waals surface area contributed by atoms with Crippen molar-refractivity contribution in [2.45, 2.75) is 6.61 Å². The van der Waals surface area contributed by atoms with Crippen LogP contribution < -0.4 is 4.90 Å². The quantitative estimate of drug-likeness (QED) is 0.693. The number of nitrogens with zero attached hydrogens (tertiary/aromatic N) is 3. The molecule has 0 aliphatic carbocycles. The number of anilines is 1. The number of carbonyl (C=O) groups is 1. The number of fused-ring (bicyclic) bond motifs is 1. The fourth-order valence-electron chi connectivity index (χ4n) is 2.55. The molecule has 0 fully saturated rings. The van der Waals surface area contributed by atoms with Crippen molar-refractivity contribution in [2.75, 3.05) is 19.0 Å². The highest BCUT2D eigenvalue weighted by molar-refractivity contribution is 5.90. The van der Waals surface area contributed by atoms with Gasteiger partial charge in [-0.3, -0.25) is 0 Å². The van der Waals surface area contributed by atoms with Gasteiger partial charge in [-0.05, 0) is 30.3 Å². The van der Waals surface area contributed by atoms with Crippen molar-refractivity contribution in [3.8, 4) is 6.07 Å². The first-order valence-corrected chi connectivity index (χ1v) is 7.53. The van der Waals surface area contributed by atoms with E-state index in [2.05, 4.69) is 6.07 Å². The van der Waals surface area contributed by atoms with E-state index in [0.29, 0.717) is 16.7 Å². The smallest absolute Gasteiger partial charge is 0.338 e. The number of esters is 1. The van der Waals surface area contributed by atoms with Crippen LogP contribution in [0.2, 0.25) is 0 Å². The Balaban J connectivity index is 1.80. The number of hydrogen-bond donors (Lipinski definition) is 0. The molecule has 5 nitrogen and oxygen atoms in total. The highest BCUT2D eigenvalue weighted by Gasteiger charge is 2.13. The highest BCUT2D eigenvalue weighted by atomic mass is 16.5. The van der Waals surface area contributed by atoms with Crippen LogP contribution in [0.1, 0.15) is 21.5 Å². The number of pyridine rings is 1. The summed E-state index contributed by atoms with van der Waals surface area (Å²) in [5.74, 6) is -0.405. The van der Waals surface area contributed by atoms with E-state index in [1.54, 1.807) is 12.1 Å². The number of hydrogen-bond acceptors (Lipinski definition) is 4. The molecular weight excluding hydrogens is 302 g/mol.